The number of hydrogen-bond donors (Lipinski definition) is 2. The number of nitrogens with two attached hydrogens (primary N) is 1. The third-order valence-electron chi connectivity index (χ3n) is 3.02. The number of hydrogen-bond acceptors (Lipinski definition) is 5. The Balaban J connectivity index is 2.38. The van der Waals surface area contributed by atoms with Gasteiger partial charge in [0.1, 0.15) is 17.9 Å². The summed E-state index contributed by atoms with van der Waals surface area (Å²) in [6, 6.07) is 7.57. The number of aliphatic hydroxyl groups is 1. The monoisotopic (exact) mass is 273 g/mol. The van der Waals surface area contributed by atoms with E-state index in [1.807, 2.05) is 38.1 Å². The molecule has 2 aromatic rings. The number of aliphatic hydroxyl groups excluding tert-OH is 1. The molecule has 0 saturated carbocycles. The fraction of sp³-hybridized carbons (Fsp3) is 0.333. The minimum Gasteiger partial charge on any atom is -0.438 e. The molecule has 0 aliphatic heterocycles. The molecule has 0 aliphatic rings. The standard InChI is InChI=1S/C15H19N3O2/c1-10(2)13-14(16)17-9-18-15(13)20-12-6-4-3-5-11(12)7-8-19/h3-6,9-10,19H,7-8H2,1-2H3,(H2,16,17,18). The highest BCUT2D eigenvalue weighted by Crippen LogP contribution is 2.32. The molecule has 5 heteroatoms. The molecule has 1 heterocycles. The molecule has 1 aromatic heterocycles. The zero-order valence-electron chi connectivity index (χ0n) is 11.7. The van der Waals surface area contributed by atoms with E-state index >= 15 is 0 Å². The fourth-order valence-electron chi connectivity index (χ4n) is 2.05. The van der Waals surface area contributed by atoms with E-state index in [9.17, 15) is 0 Å². The molecule has 5 nitrogen and oxygen atoms in total. The van der Waals surface area contributed by atoms with Crippen LogP contribution in [0.3, 0.4) is 0 Å². The van der Waals surface area contributed by atoms with Gasteiger partial charge in [-0.05, 0) is 24.0 Å². The molecule has 0 amide bonds. The lowest BCUT2D eigenvalue weighted by molar-refractivity contribution is 0.297. The number of nitrogen functional groups attached to an aromatic ring is 1. The Morgan fingerprint density at radius 3 is 2.70 bits per heavy atom. The van der Waals surface area contributed by atoms with E-state index in [0.717, 1.165) is 11.1 Å². The summed E-state index contributed by atoms with van der Waals surface area (Å²) in [5, 5.41) is 9.10. The maximum atomic E-state index is 9.10. The predicted molar refractivity (Wildman–Crippen MR) is 77.8 cm³/mol. The molecule has 2 rings (SSSR count). The lowest BCUT2D eigenvalue weighted by atomic mass is 10.1. The van der Waals surface area contributed by atoms with Crippen molar-refractivity contribution in [2.45, 2.75) is 26.2 Å². The van der Waals surface area contributed by atoms with E-state index in [1.54, 1.807) is 0 Å². The summed E-state index contributed by atoms with van der Waals surface area (Å²) in [7, 11) is 0. The van der Waals surface area contributed by atoms with Gasteiger partial charge >= 0.3 is 0 Å². The molecule has 0 fully saturated rings. The second-order valence-electron chi connectivity index (χ2n) is 4.82. The summed E-state index contributed by atoms with van der Waals surface area (Å²) < 4.78 is 5.89. The van der Waals surface area contributed by atoms with Gasteiger partial charge in [-0.25, -0.2) is 9.97 Å². The number of nitrogens with zero attached hydrogens (tertiary/aromatic N) is 2. The van der Waals surface area contributed by atoms with Crippen LogP contribution in [0, 0.1) is 0 Å². The van der Waals surface area contributed by atoms with Gasteiger partial charge in [-0.1, -0.05) is 32.0 Å². The van der Waals surface area contributed by atoms with Crippen LogP contribution in [0.15, 0.2) is 30.6 Å². The van der Waals surface area contributed by atoms with Crippen molar-refractivity contribution >= 4 is 5.82 Å². The SMILES string of the molecule is CC(C)c1c(N)ncnc1Oc1ccccc1CCO. The normalized spacial score (nSPS) is 10.8. The molecule has 1 aromatic carbocycles. The molecule has 106 valence electrons. The molecular formula is C15H19N3O2. The van der Waals surface area contributed by atoms with Crippen LogP contribution in [0.2, 0.25) is 0 Å². The van der Waals surface area contributed by atoms with E-state index in [-0.39, 0.29) is 12.5 Å². The van der Waals surface area contributed by atoms with Gasteiger partial charge in [0, 0.05) is 6.61 Å². The van der Waals surface area contributed by atoms with Crippen molar-refractivity contribution in [1.29, 1.82) is 0 Å². The van der Waals surface area contributed by atoms with Gasteiger partial charge in [-0.15, -0.1) is 0 Å². The number of rotatable bonds is 5. The Morgan fingerprint density at radius 1 is 1.25 bits per heavy atom. The lowest BCUT2D eigenvalue weighted by Gasteiger charge is -2.15. The molecule has 0 aliphatic carbocycles. The van der Waals surface area contributed by atoms with Crippen LogP contribution < -0.4 is 10.5 Å². The van der Waals surface area contributed by atoms with Gasteiger partial charge < -0.3 is 15.6 Å². The van der Waals surface area contributed by atoms with Crippen LogP contribution in [0.4, 0.5) is 5.82 Å². The highest BCUT2D eigenvalue weighted by Gasteiger charge is 2.16. The fourth-order valence-corrected chi connectivity index (χ4v) is 2.05. The Bertz CT molecular complexity index is 585. The molecule has 20 heavy (non-hydrogen) atoms. The van der Waals surface area contributed by atoms with E-state index in [0.29, 0.717) is 23.9 Å². The lowest BCUT2D eigenvalue weighted by Crippen LogP contribution is -2.05. The van der Waals surface area contributed by atoms with Crippen LogP contribution in [0.1, 0.15) is 30.9 Å². The van der Waals surface area contributed by atoms with E-state index in [1.165, 1.54) is 6.33 Å². The number of ether oxygens (including phenoxy) is 1. The van der Waals surface area contributed by atoms with Crippen molar-refractivity contribution in [2.24, 2.45) is 0 Å². The average Bonchev–Trinajstić information content (AvgIpc) is 2.41. The van der Waals surface area contributed by atoms with E-state index in [2.05, 4.69) is 9.97 Å². The third-order valence-corrected chi connectivity index (χ3v) is 3.02. The Hall–Kier alpha value is -2.14. The van der Waals surface area contributed by atoms with Gasteiger partial charge in [0.05, 0.1) is 5.56 Å². The molecule has 0 unspecified atom stereocenters. The van der Waals surface area contributed by atoms with Crippen molar-refractivity contribution in [2.75, 3.05) is 12.3 Å². The van der Waals surface area contributed by atoms with Crippen molar-refractivity contribution in [3.8, 4) is 11.6 Å². The number of benzene rings is 1. The van der Waals surface area contributed by atoms with E-state index in [4.69, 9.17) is 15.6 Å². The van der Waals surface area contributed by atoms with Gasteiger partial charge in [-0.3, -0.25) is 0 Å². The summed E-state index contributed by atoms with van der Waals surface area (Å²) >= 11 is 0. The van der Waals surface area contributed by atoms with Crippen LogP contribution in [-0.2, 0) is 6.42 Å². The second kappa shape index (κ2) is 6.34. The summed E-state index contributed by atoms with van der Waals surface area (Å²) in [6.07, 6.45) is 1.93. The predicted octanol–water partition coefficient (Wildman–Crippen LogP) is 2.51. The van der Waals surface area contributed by atoms with E-state index < -0.39 is 0 Å². The smallest absolute Gasteiger partial charge is 0.227 e. The van der Waals surface area contributed by atoms with Crippen molar-refractivity contribution in [1.82, 2.24) is 9.97 Å². The second-order valence-corrected chi connectivity index (χ2v) is 4.82. The zero-order chi connectivity index (χ0) is 14.5. The number of para-hydroxylation sites is 1. The largest absolute Gasteiger partial charge is 0.438 e. The zero-order valence-corrected chi connectivity index (χ0v) is 11.7. The number of aromatic nitrogens is 2. The quantitative estimate of drug-likeness (QED) is 0.874. The van der Waals surface area contributed by atoms with Gasteiger partial charge in [0.2, 0.25) is 5.88 Å². The molecule has 0 bridgehead atoms. The summed E-state index contributed by atoms with van der Waals surface area (Å²) in [5.74, 6) is 1.75. The highest BCUT2D eigenvalue weighted by atomic mass is 16.5. The van der Waals surface area contributed by atoms with Crippen molar-refractivity contribution < 1.29 is 9.84 Å². The molecule has 0 spiro atoms. The molecule has 3 N–H and O–H groups in total. The maximum Gasteiger partial charge on any atom is 0.227 e. The minimum absolute atomic E-state index is 0.0727. The first kappa shape index (κ1) is 14.3. The Kier molecular flexibility index (Phi) is 4.53. The van der Waals surface area contributed by atoms with Gasteiger partial charge in [0.25, 0.3) is 0 Å². The van der Waals surface area contributed by atoms with Gasteiger partial charge in [-0.2, -0.15) is 0 Å². The highest BCUT2D eigenvalue weighted by molar-refractivity contribution is 5.48. The van der Waals surface area contributed by atoms with Crippen LogP contribution in [0.5, 0.6) is 11.6 Å². The molecule has 0 saturated heterocycles. The first-order valence-electron chi connectivity index (χ1n) is 6.60. The maximum absolute atomic E-state index is 9.10. The summed E-state index contributed by atoms with van der Waals surface area (Å²) in [5.41, 5.74) is 7.63. The average molecular weight is 273 g/mol. The molecule has 0 atom stereocenters. The van der Waals surface area contributed by atoms with Crippen LogP contribution >= 0.6 is 0 Å². The van der Waals surface area contributed by atoms with Crippen molar-refractivity contribution in [3.05, 3.63) is 41.7 Å². The van der Waals surface area contributed by atoms with Crippen LogP contribution in [-0.4, -0.2) is 21.7 Å². The Labute approximate surface area is 118 Å². The molecular weight excluding hydrogens is 254 g/mol. The summed E-state index contributed by atoms with van der Waals surface area (Å²) in [4.78, 5) is 8.19. The van der Waals surface area contributed by atoms with Crippen molar-refractivity contribution in [3.63, 3.8) is 0 Å². The first-order chi connectivity index (χ1) is 9.63. The Morgan fingerprint density at radius 2 is 2.00 bits per heavy atom. The molecule has 0 radical (unpaired) electrons. The first-order valence-corrected chi connectivity index (χ1v) is 6.60. The topological polar surface area (TPSA) is 81.3 Å². The minimum atomic E-state index is 0.0727. The number of anilines is 1. The van der Waals surface area contributed by atoms with Crippen LogP contribution in [0.25, 0.3) is 0 Å². The summed E-state index contributed by atoms with van der Waals surface area (Å²) in [6.45, 7) is 4.10. The third kappa shape index (κ3) is 3.05. The van der Waals surface area contributed by atoms with Gasteiger partial charge in [0.15, 0.2) is 0 Å².